The Morgan fingerprint density at radius 2 is 1.78 bits per heavy atom. The highest BCUT2D eigenvalue weighted by molar-refractivity contribution is 6.00. The molecule has 7 rings (SSSR count). The minimum absolute atomic E-state index is 0.228. The van der Waals surface area contributed by atoms with E-state index in [9.17, 15) is 0 Å². The monoisotopic (exact) mass is 493 g/mol. The molecular weight excluding hydrogens is 462 g/mol. The molecule has 2 fully saturated rings. The van der Waals surface area contributed by atoms with Crippen molar-refractivity contribution in [2.75, 3.05) is 31.1 Å². The lowest BCUT2D eigenvalue weighted by Crippen LogP contribution is -2.34. The van der Waals surface area contributed by atoms with Gasteiger partial charge in [-0.2, -0.15) is 5.10 Å². The molecule has 2 aliphatic heterocycles. The number of pyridine rings is 2. The van der Waals surface area contributed by atoms with E-state index in [-0.39, 0.29) is 6.10 Å². The third kappa shape index (κ3) is 4.31. The molecule has 0 amide bonds. The predicted octanol–water partition coefficient (Wildman–Crippen LogP) is 5.29. The molecule has 2 aliphatic rings. The molecule has 4 aromatic heterocycles. The van der Waals surface area contributed by atoms with E-state index in [0.29, 0.717) is 0 Å². The highest BCUT2D eigenvalue weighted by Gasteiger charge is 2.18. The summed E-state index contributed by atoms with van der Waals surface area (Å²) >= 11 is 0. The zero-order valence-electron chi connectivity index (χ0n) is 20.8. The van der Waals surface area contributed by atoms with Crippen molar-refractivity contribution >= 4 is 27.5 Å². The molecule has 3 N–H and O–H groups in total. The van der Waals surface area contributed by atoms with Gasteiger partial charge in [0.1, 0.15) is 17.5 Å². The Hall–Kier alpha value is -3.91. The van der Waals surface area contributed by atoms with Crippen LogP contribution < -0.4 is 15.0 Å². The number of aromatic amines is 2. The maximum atomic E-state index is 6.22. The zero-order chi connectivity index (χ0) is 24.6. The molecule has 1 aromatic carbocycles. The first kappa shape index (κ1) is 22.3. The summed E-state index contributed by atoms with van der Waals surface area (Å²) < 4.78 is 6.22. The molecule has 8 nitrogen and oxygen atoms in total. The smallest absolute Gasteiger partial charge is 0.138 e. The van der Waals surface area contributed by atoms with E-state index in [1.54, 1.807) is 6.20 Å². The first-order chi connectivity index (χ1) is 18.3. The maximum Gasteiger partial charge on any atom is 0.138 e. The molecular formula is C29H31N7O. The molecule has 37 heavy (non-hydrogen) atoms. The SMILES string of the molecule is c1cc(N2CCCCC2)c2cc(-c3n[nH]c4cnc(-c5cncc(OC6CCNCC6)c5)cc34)[nH]c2c1. The molecule has 0 saturated carbocycles. The van der Waals surface area contributed by atoms with Crippen LogP contribution in [0.15, 0.2) is 55.0 Å². The van der Waals surface area contributed by atoms with Crippen LogP contribution >= 0.6 is 0 Å². The van der Waals surface area contributed by atoms with Crippen LogP contribution in [0.5, 0.6) is 5.75 Å². The van der Waals surface area contributed by atoms with Crippen molar-refractivity contribution in [3.8, 4) is 28.4 Å². The van der Waals surface area contributed by atoms with Gasteiger partial charge in [-0.05, 0) is 75.5 Å². The number of rotatable bonds is 5. The summed E-state index contributed by atoms with van der Waals surface area (Å²) in [6.07, 6.45) is 11.6. The van der Waals surface area contributed by atoms with Crippen molar-refractivity contribution in [1.82, 2.24) is 30.5 Å². The summed E-state index contributed by atoms with van der Waals surface area (Å²) in [5, 5.41) is 13.5. The number of ether oxygens (including phenoxy) is 1. The van der Waals surface area contributed by atoms with Crippen LogP contribution in [0.3, 0.4) is 0 Å². The minimum Gasteiger partial charge on any atom is -0.489 e. The second-order valence-electron chi connectivity index (χ2n) is 10.1. The van der Waals surface area contributed by atoms with E-state index >= 15 is 0 Å². The second kappa shape index (κ2) is 9.52. The molecule has 0 bridgehead atoms. The molecule has 2 saturated heterocycles. The molecule has 0 spiro atoms. The van der Waals surface area contributed by atoms with Crippen molar-refractivity contribution < 1.29 is 4.74 Å². The number of benzene rings is 1. The Labute approximate surface area is 215 Å². The van der Waals surface area contributed by atoms with Gasteiger partial charge in [0.05, 0.1) is 29.3 Å². The Morgan fingerprint density at radius 3 is 2.68 bits per heavy atom. The highest BCUT2D eigenvalue weighted by Crippen LogP contribution is 2.35. The van der Waals surface area contributed by atoms with Crippen LogP contribution in [-0.4, -0.2) is 57.4 Å². The normalized spacial score (nSPS) is 17.0. The Balaban J connectivity index is 1.23. The number of hydrogen-bond acceptors (Lipinski definition) is 6. The Morgan fingerprint density at radius 1 is 0.892 bits per heavy atom. The predicted molar refractivity (Wildman–Crippen MR) is 147 cm³/mol. The van der Waals surface area contributed by atoms with Gasteiger partial charge >= 0.3 is 0 Å². The fourth-order valence-electron chi connectivity index (χ4n) is 5.69. The molecule has 188 valence electrons. The fraction of sp³-hybridized carbons (Fsp3) is 0.345. The summed E-state index contributed by atoms with van der Waals surface area (Å²) in [6, 6.07) is 12.9. The molecule has 0 atom stereocenters. The number of H-pyrrole nitrogens is 2. The van der Waals surface area contributed by atoms with Crippen molar-refractivity contribution in [3.05, 3.63) is 55.0 Å². The summed E-state index contributed by atoms with van der Waals surface area (Å²) in [4.78, 5) is 15.3. The molecule has 0 radical (unpaired) electrons. The summed E-state index contributed by atoms with van der Waals surface area (Å²) in [5.74, 6) is 0.791. The van der Waals surface area contributed by atoms with Gasteiger partial charge in [0.2, 0.25) is 0 Å². The minimum atomic E-state index is 0.228. The lowest BCUT2D eigenvalue weighted by molar-refractivity contribution is 0.162. The second-order valence-corrected chi connectivity index (χ2v) is 10.1. The largest absolute Gasteiger partial charge is 0.489 e. The quantitative estimate of drug-likeness (QED) is 0.308. The van der Waals surface area contributed by atoms with Gasteiger partial charge in [0.15, 0.2) is 0 Å². The van der Waals surface area contributed by atoms with E-state index in [1.807, 2.05) is 18.5 Å². The average Bonchev–Trinajstić information content (AvgIpc) is 3.58. The Bertz CT molecular complexity index is 1540. The number of piperidine rings is 2. The van der Waals surface area contributed by atoms with Crippen LogP contribution in [0.1, 0.15) is 32.1 Å². The van der Waals surface area contributed by atoms with Crippen LogP contribution in [0.2, 0.25) is 0 Å². The van der Waals surface area contributed by atoms with Gasteiger partial charge in [-0.25, -0.2) is 0 Å². The number of nitrogens with zero attached hydrogens (tertiary/aromatic N) is 4. The molecule has 6 heterocycles. The van der Waals surface area contributed by atoms with Gasteiger partial charge in [0.25, 0.3) is 0 Å². The van der Waals surface area contributed by atoms with Gasteiger partial charge < -0.3 is 19.9 Å². The van der Waals surface area contributed by atoms with Crippen LogP contribution in [0, 0.1) is 0 Å². The van der Waals surface area contributed by atoms with Crippen molar-refractivity contribution in [3.63, 3.8) is 0 Å². The van der Waals surface area contributed by atoms with Crippen LogP contribution in [0.25, 0.3) is 44.5 Å². The third-order valence-electron chi connectivity index (χ3n) is 7.64. The standard InChI is InChI=1S/C29H31N7O/c1-2-11-36(12-3-1)28-6-4-5-24-22(28)14-26(33-24)29-23-15-25(32-18-27(23)34-35-29)19-13-21(17-31-16-19)37-20-7-9-30-10-8-20/h4-6,13-18,20,30,33H,1-3,7-12H2,(H,34,35). The topological polar surface area (TPSA) is 94.8 Å². The fourth-order valence-corrected chi connectivity index (χ4v) is 5.69. The number of anilines is 1. The van der Waals surface area contributed by atoms with E-state index < -0.39 is 0 Å². The van der Waals surface area contributed by atoms with E-state index in [0.717, 1.165) is 83.8 Å². The van der Waals surface area contributed by atoms with E-state index in [1.165, 1.54) is 30.3 Å². The summed E-state index contributed by atoms with van der Waals surface area (Å²) in [7, 11) is 0. The highest BCUT2D eigenvalue weighted by atomic mass is 16.5. The first-order valence-electron chi connectivity index (χ1n) is 13.4. The van der Waals surface area contributed by atoms with Crippen molar-refractivity contribution in [1.29, 1.82) is 0 Å². The average molecular weight is 494 g/mol. The van der Waals surface area contributed by atoms with Crippen molar-refractivity contribution in [2.24, 2.45) is 0 Å². The summed E-state index contributed by atoms with van der Waals surface area (Å²) in [6.45, 7) is 4.22. The molecule has 8 heteroatoms. The first-order valence-corrected chi connectivity index (χ1v) is 13.4. The number of fused-ring (bicyclic) bond motifs is 2. The Kier molecular flexibility index (Phi) is 5.74. The van der Waals surface area contributed by atoms with Crippen molar-refractivity contribution in [2.45, 2.75) is 38.2 Å². The number of aromatic nitrogens is 5. The van der Waals surface area contributed by atoms with Gasteiger partial charge in [-0.1, -0.05) is 6.07 Å². The zero-order valence-corrected chi connectivity index (χ0v) is 20.8. The molecule has 5 aromatic rings. The van der Waals surface area contributed by atoms with Crippen LogP contribution in [0.4, 0.5) is 5.69 Å². The number of hydrogen-bond donors (Lipinski definition) is 3. The number of nitrogens with one attached hydrogen (secondary N) is 3. The summed E-state index contributed by atoms with van der Waals surface area (Å²) in [5.41, 5.74) is 7.03. The molecule has 0 unspecified atom stereocenters. The maximum absolute atomic E-state index is 6.22. The van der Waals surface area contributed by atoms with Gasteiger partial charge in [0, 0.05) is 46.8 Å². The lowest BCUT2D eigenvalue weighted by atomic mass is 10.1. The molecule has 0 aliphatic carbocycles. The van der Waals surface area contributed by atoms with Crippen LogP contribution in [-0.2, 0) is 0 Å². The van der Waals surface area contributed by atoms with Gasteiger partial charge in [-0.3, -0.25) is 15.1 Å². The lowest BCUT2D eigenvalue weighted by Gasteiger charge is -2.29. The van der Waals surface area contributed by atoms with Gasteiger partial charge in [-0.15, -0.1) is 0 Å². The third-order valence-corrected chi connectivity index (χ3v) is 7.64. The van der Waals surface area contributed by atoms with E-state index in [4.69, 9.17) is 9.72 Å². The van der Waals surface area contributed by atoms with E-state index in [2.05, 4.69) is 60.7 Å².